The van der Waals surface area contributed by atoms with Crippen LogP contribution >= 0.6 is 0 Å². The summed E-state index contributed by atoms with van der Waals surface area (Å²) >= 11 is 0. The molecule has 0 aliphatic rings. The maximum Gasteiger partial charge on any atom is 0.335 e. The summed E-state index contributed by atoms with van der Waals surface area (Å²) in [6.45, 7) is 1.77. The summed E-state index contributed by atoms with van der Waals surface area (Å²) in [6, 6.07) is 8.10. The minimum absolute atomic E-state index is 0.0814. The Bertz CT molecular complexity index is 620. The van der Waals surface area contributed by atoms with Crippen molar-refractivity contribution in [1.82, 2.24) is 0 Å². The second-order valence-corrected chi connectivity index (χ2v) is 4.00. The zero-order chi connectivity index (χ0) is 13.3. The summed E-state index contributed by atoms with van der Waals surface area (Å²) in [4.78, 5) is 10.9. The van der Waals surface area contributed by atoms with E-state index in [1.165, 1.54) is 24.3 Å². The van der Waals surface area contributed by atoms with Gasteiger partial charge in [-0.25, -0.2) is 9.18 Å². The molecule has 2 N–H and O–H groups in total. The van der Waals surface area contributed by atoms with Gasteiger partial charge in [0.1, 0.15) is 11.6 Å². The molecule has 0 aliphatic heterocycles. The Labute approximate surface area is 103 Å². The molecular weight excluding hydrogens is 235 g/mol. The Morgan fingerprint density at radius 3 is 2.50 bits per heavy atom. The number of carbonyl (C=O) groups is 1. The second kappa shape index (κ2) is 4.49. The van der Waals surface area contributed by atoms with Crippen LogP contribution in [-0.4, -0.2) is 16.2 Å². The maximum absolute atomic E-state index is 13.2. The number of aromatic hydroxyl groups is 1. The van der Waals surface area contributed by atoms with Gasteiger partial charge in [0.05, 0.1) is 5.56 Å². The molecule has 0 aliphatic carbocycles. The molecule has 0 saturated heterocycles. The SMILES string of the molecule is Cc1ccc(C(=O)O)cc1-c1cc(F)ccc1O. The number of carboxylic acids is 1. The number of benzene rings is 2. The average Bonchev–Trinajstić information content (AvgIpc) is 2.33. The Kier molecular flexibility index (Phi) is 3.02. The smallest absolute Gasteiger partial charge is 0.335 e. The van der Waals surface area contributed by atoms with E-state index in [0.29, 0.717) is 5.56 Å². The quantitative estimate of drug-likeness (QED) is 0.855. The molecule has 0 saturated carbocycles. The predicted octanol–water partition coefficient (Wildman–Crippen LogP) is 3.20. The first-order valence-electron chi connectivity index (χ1n) is 5.32. The van der Waals surface area contributed by atoms with E-state index in [4.69, 9.17) is 5.11 Å². The molecule has 0 amide bonds. The van der Waals surface area contributed by atoms with E-state index in [1.807, 2.05) is 0 Å². The van der Waals surface area contributed by atoms with Crippen molar-refractivity contribution in [3.63, 3.8) is 0 Å². The first-order chi connectivity index (χ1) is 8.49. The van der Waals surface area contributed by atoms with Crippen LogP contribution in [0, 0.1) is 12.7 Å². The number of hydrogen-bond donors (Lipinski definition) is 2. The highest BCUT2D eigenvalue weighted by Gasteiger charge is 2.11. The van der Waals surface area contributed by atoms with Crippen LogP contribution in [0.4, 0.5) is 4.39 Å². The van der Waals surface area contributed by atoms with E-state index < -0.39 is 11.8 Å². The lowest BCUT2D eigenvalue weighted by Gasteiger charge is -2.09. The lowest BCUT2D eigenvalue weighted by Crippen LogP contribution is -1.97. The highest BCUT2D eigenvalue weighted by atomic mass is 19.1. The van der Waals surface area contributed by atoms with E-state index in [9.17, 15) is 14.3 Å². The third-order valence-corrected chi connectivity index (χ3v) is 2.73. The van der Waals surface area contributed by atoms with Gasteiger partial charge in [0.25, 0.3) is 0 Å². The molecule has 2 aromatic carbocycles. The number of aromatic carboxylic acids is 1. The van der Waals surface area contributed by atoms with Gasteiger partial charge >= 0.3 is 5.97 Å². The van der Waals surface area contributed by atoms with E-state index in [0.717, 1.165) is 11.6 Å². The lowest BCUT2D eigenvalue weighted by atomic mass is 9.97. The number of carboxylic acid groups (broad SMARTS) is 1. The molecule has 0 fully saturated rings. The van der Waals surface area contributed by atoms with Crippen molar-refractivity contribution >= 4 is 5.97 Å². The predicted molar refractivity (Wildman–Crippen MR) is 65.2 cm³/mol. The van der Waals surface area contributed by atoms with Gasteiger partial charge in [0.15, 0.2) is 0 Å². The first kappa shape index (κ1) is 12.1. The molecule has 3 nitrogen and oxygen atoms in total. The highest BCUT2D eigenvalue weighted by Crippen LogP contribution is 2.32. The lowest BCUT2D eigenvalue weighted by molar-refractivity contribution is 0.0697. The van der Waals surface area contributed by atoms with E-state index in [1.54, 1.807) is 13.0 Å². The summed E-state index contributed by atoms with van der Waals surface area (Å²) in [5.41, 5.74) is 1.66. The van der Waals surface area contributed by atoms with Crippen molar-refractivity contribution < 1.29 is 19.4 Å². The van der Waals surface area contributed by atoms with E-state index >= 15 is 0 Å². The van der Waals surface area contributed by atoms with Gasteiger partial charge in [-0.15, -0.1) is 0 Å². The van der Waals surface area contributed by atoms with Crippen molar-refractivity contribution in [1.29, 1.82) is 0 Å². The molecule has 4 heteroatoms. The molecule has 0 heterocycles. The second-order valence-electron chi connectivity index (χ2n) is 4.00. The zero-order valence-electron chi connectivity index (χ0n) is 9.64. The standard InChI is InChI=1S/C14H11FO3/c1-8-2-3-9(14(17)18)6-11(8)12-7-10(15)4-5-13(12)16/h2-7,16H,1H3,(H,17,18). The van der Waals surface area contributed by atoms with Crippen LogP contribution in [0.15, 0.2) is 36.4 Å². The van der Waals surface area contributed by atoms with Crippen LogP contribution in [0.3, 0.4) is 0 Å². The minimum Gasteiger partial charge on any atom is -0.507 e. The Balaban J connectivity index is 2.66. The van der Waals surface area contributed by atoms with Gasteiger partial charge in [-0.3, -0.25) is 0 Å². The molecular formula is C14H11FO3. The van der Waals surface area contributed by atoms with Gasteiger partial charge in [0.2, 0.25) is 0 Å². The summed E-state index contributed by atoms with van der Waals surface area (Å²) < 4.78 is 13.2. The van der Waals surface area contributed by atoms with Gasteiger partial charge in [-0.05, 0) is 48.4 Å². The number of phenols is 1. The van der Waals surface area contributed by atoms with Gasteiger partial charge in [-0.2, -0.15) is 0 Å². The fourth-order valence-corrected chi connectivity index (χ4v) is 1.77. The molecule has 0 spiro atoms. The van der Waals surface area contributed by atoms with Crippen LogP contribution < -0.4 is 0 Å². The largest absolute Gasteiger partial charge is 0.507 e. The molecule has 0 radical (unpaired) electrons. The van der Waals surface area contributed by atoms with Crippen molar-refractivity contribution in [2.45, 2.75) is 6.92 Å². The molecule has 92 valence electrons. The number of hydrogen-bond acceptors (Lipinski definition) is 2. The summed E-state index contributed by atoms with van der Waals surface area (Å²) in [6.07, 6.45) is 0. The molecule has 2 aromatic rings. The van der Waals surface area contributed by atoms with Crippen molar-refractivity contribution in [3.8, 4) is 16.9 Å². The van der Waals surface area contributed by atoms with E-state index in [-0.39, 0.29) is 16.9 Å². The summed E-state index contributed by atoms with van der Waals surface area (Å²) in [5, 5.41) is 18.7. The molecule has 18 heavy (non-hydrogen) atoms. The topological polar surface area (TPSA) is 57.5 Å². The molecule has 2 rings (SSSR count). The van der Waals surface area contributed by atoms with Crippen molar-refractivity contribution in [3.05, 3.63) is 53.3 Å². The fourth-order valence-electron chi connectivity index (χ4n) is 1.77. The maximum atomic E-state index is 13.2. The molecule has 0 aromatic heterocycles. The van der Waals surface area contributed by atoms with Crippen LogP contribution in [0.25, 0.3) is 11.1 Å². The monoisotopic (exact) mass is 246 g/mol. The van der Waals surface area contributed by atoms with Crippen LogP contribution in [0.2, 0.25) is 0 Å². The number of halogens is 1. The van der Waals surface area contributed by atoms with Crippen LogP contribution in [-0.2, 0) is 0 Å². The normalized spacial score (nSPS) is 10.3. The minimum atomic E-state index is -1.06. The Hall–Kier alpha value is -2.36. The van der Waals surface area contributed by atoms with Crippen LogP contribution in [0.5, 0.6) is 5.75 Å². The Morgan fingerprint density at radius 1 is 1.11 bits per heavy atom. The summed E-state index contributed by atoms with van der Waals surface area (Å²) in [7, 11) is 0. The first-order valence-corrected chi connectivity index (χ1v) is 5.32. The highest BCUT2D eigenvalue weighted by molar-refractivity contribution is 5.90. The fraction of sp³-hybridized carbons (Fsp3) is 0.0714. The third-order valence-electron chi connectivity index (χ3n) is 2.73. The molecule has 0 unspecified atom stereocenters. The van der Waals surface area contributed by atoms with Gasteiger partial charge < -0.3 is 10.2 Å². The van der Waals surface area contributed by atoms with Crippen molar-refractivity contribution in [2.75, 3.05) is 0 Å². The van der Waals surface area contributed by atoms with Gasteiger partial charge in [-0.1, -0.05) is 6.07 Å². The average molecular weight is 246 g/mol. The van der Waals surface area contributed by atoms with E-state index in [2.05, 4.69) is 0 Å². The van der Waals surface area contributed by atoms with Crippen LogP contribution in [0.1, 0.15) is 15.9 Å². The zero-order valence-corrected chi connectivity index (χ0v) is 9.64. The Morgan fingerprint density at radius 2 is 1.83 bits per heavy atom. The summed E-state index contributed by atoms with van der Waals surface area (Å²) in [5.74, 6) is -1.63. The van der Waals surface area contributed by atoms with Gasteiger partial charge in [0, 0.05) is 5.56 Å². The number of rotatable bonds is 2. The molecule has 0 atom stereocenters. The number of aryl methyl sites for hydroxylation is 1. The van der Waals surface area contributed by atoms with Crippen molar-refractivity contribution in [2.24, 2.45) is 0 Å². The molecule has 0 bridgehead atoms. The number of phenolic OH excluding ortho intramolecular Hbond substituents is 1. The third kappa shape index (κ3) is 2.18.